The van der Waals surface area contributed by atoms with Crippen LogP contribution in [0.15, 0.2) is 24.3 Å². The number of carbonyl (C=O) groups excluding carboxylic acids is 2. The zero-order valence-electron chi connectivity index (χ0n) is 13.6. The molecule has 22 heavy (non-hydrogen) atoms. The number of nitrogens with one attached hydrogen (secondary N) is 1. The smallest absolute Gasteiger partial charge is 0.239 e. The zero-order valence-corrected chi connectivity index (χ0v) is 13.6. The van der Waals surface area contributed by atoms with E-state index in [0.717, 1.165) is 18.4 Å². The van der Waals surface area contributed by atoms with Gasteiger partial charge in [0, 0.05) is 13.1 Å². The van der Waals surface area contributed by atoms with E-state index >= 15 is 0 Å². The summed E-state index contributed by atoms with van der Waals surface area (Å²) in [6.07, 6.45) is 1.67. The number of benzene rings is 1. The summed E-state index contributed by atoms with van der Waals surface area (Å²) in [5, 5.41) is 2.84. The molecular weight excluding hydrogens is 276 g/mol. The van der Waals surface area contributed by atoms with Gasteiger partial charge in [-0.25, -0.2) is 0 Å². The fourth-order valence-corrected chi connectivity index (χ4v) is 3.69. The van der Waals surface area contributed by atoms with Crippen LogP contribution in [0.1, 0.15) is 37.8 Å². The first-order chi connectivity index (χ1) is 10.4. The molecule has 1 aromatic carbocycles. The number of carbonyl (C=O) groups is 2. The second-order valence-electron chi connectivity index (χ2n) is 7.26. The fraction of sp³-hybridized carbons (Fsp3) is 0.556. The molecular formula is C18H24N2O2. The summed E-state index contributed by atoms with van der Waals surface area (Å²) in [7, 11) is 0. The van der Waals surface area contributed by atoms with Crippen LogP contribution in [0.3, 0.4) is 0 Å². The van der Waals surface area contributed by atoms with Crippen molar-refractivity contribution in [2.24, 2.45) is 5.41 Å². The summed E-state index contributed by atoms with van der Waals surface area (Å²) in [5.41, 5.74) is 1.75. The van der Waals surface area contributed by atoms with Crippen LogP contribution in [0.4, 0.5) is 0 Å². The van der Waals surface area contributed by atoms with Gasteiger partial charge in [0.05, 0.1) is 12.0 Å². The van der Waals surface area contributed by atoms with Crippen molar-refractivity contribution in [1.29, 1.82) is 0 Å². The van der Waals surface area contributed by atoms with Gasteiger partial charge in [0.25, 0.3) is 0 Å². The molecule has 2 amide bonds. The lowest BCUT2D eigenvalue weighted by molar-refractivity contribution is -0.138. The first-order valence-electron chi connectivity index (χ1n) is 8.00. The summed E-state index contributed by atoms with van der Waals surface area (Å²) in [6, 6.07) is 8.27. The normalized spacial score (nSPS) is 27.0. The van der Waals surface area contributed by atoms with E-state index in [4.69, 9.17) is 0 Å². The molecule has 0 spiro atoms. The van der Waals surface area contributed by atoms with Crippen LogP contribution in [-0.2, 0) is 15.0 Å². The quantitative estimate of drug-likeness (QED) is 0.908. The summed E-state index contributed by atoms with van der Waals surface area (Å²) in [4.78, 5) is 26.8. The van der Waals surface area contributed by atoms with Crippen molar-refractivity contribution >= 4 is 11.8 Å². The Balaban J connectivity index is 1.93. The molecule has 118 valence electrons. The van der Waals surface area contributed by atoms with Crippen LogP contribution in [0.5, 0.6) is 0 Å². The molecule has 4 nitrogen and oxygen atoms in total. The topological polar surface area (TPSA) is 49.4 Å². The van der Waals surface area contributed by atoms with Gasteiger partial charge in [-0.3, -0.25) is 9.59 Å². The second-order valence-corrected chi connectivity index (χ2v) is 7.26. The lowest BCUT2D eigenvalue weighted by atomic mass is 9.86. The Bertz CT molecular complexity index is 606. The lowest BCUT2D eigenvalue weighted by Gasteiger charge is -2.28. The Morgan fingerprint density at radius 2 is 1.86 bits per heavy atom. The van der Waals surface area contributed by atoms with E-state index in [1.807, 2.05) is 0 Å². The number of rotatable bonds is 2. The Morgan fingerprint density at radius 3 is 2.45 bits per heavy atom. The molecule has 4 heteroatoms. The minimum absolute atomic E-state index is 0.0524. The minimum Gasteiger partial charge on any atom is -0.354 e. The molecule has 1 aliphatic heterocycles. The highest BCUT2D eigenvalue weighted by Gasteiger charge is 2.68. The van der Waals surface area contributed by atoms with E-state index in [1.165, 1.54) is 5.56 Å². The largest absolute Gasteiger partial charge is 0.354 e. The third-order valence-electron chi connectivity index (χ3n) is 5.20. The molecule has 0 unspecified atom stereocenters. The number of hydrogen-bond acceptors (Lipinski definition) is 2. The van der Waals surface area contributed by atoms with Crippen LogP contribution in [-0.4, -0.2) is 36.3 Å². The van der Waals surface area contributed by atoms with Gasteiger partial charge >= 0.3 is 0 Å². The maximum Gasteiger partial charge on any atom is 0.239 e. The molecule has 2 fully saturated rings. The molecule has 1 saturated carbocycles. The number of amides is 2. The molecule has 1 heterocycles. The monoisotopic (exact) mass is 300 g/mol. The third-order valence-corrected chi connectivity index (χ3v) is 5.20. The second kappa shape index (κ2) is 5.11. The molecule has 1 aliphatic carbocycles. The van der Waals surface area contributed by atoms with Crippen molar-refractivity contribution in [3.8, 4) is 0 Å². The van der Waals surface area contributed by atoms with E-state index in [1.54, 1.807) is 4.90 Å². The van der Waals surface area contributed by atoms with Gasteiger partial charge in [0.15, 0.2) is 0 Å². The van der Waals surface area contributed by atoms with Crippen LogP contribution < -0.4 is 5.32 Å². The van der Waals surface area contributed by atoms with Crippen molar-refractivity contribution in [3.63, 3.8) is 0 Å². The highest BCUT2D eigenvalue weighted by atomic mass is 16.2. The van der Waals surface area contributed by atoms with Crippen LogP contribution >= 0.6 is 0 Å². The number of aryl methyl sites for hydroxylation is 1. The maximum atomic E-state index is 13.2. The van der Waals surface area contributed by atoms with E-state index < -0.39 is 5.41 Å². The van der Waals surface area contributed by atoms with Crippen molar-refractivity contribution in [2.45, 2.75) is 39.0 Å². The minimum atomic E-state index is -0.467. The van der Waals surface area contributed by atoms with Crippen LogP contribution in [0.25, 0.3) is 0 Å². The molecule has 0 aromatic heterocycles. The predicted molar refractivity (Wildman–Crippen MR) is 85.5 cm³/mol. The Hall–Kier alpha value is -1.84. The molecule has 0 radical (unpaired) electrons. The number of nitrogens with zero attached hydrogens (tertiary/aromatic N) is 1. The van der Waals surface area contributed by atoms with Crippen molar-refractivity contribution in [1.82, 2.24) is 10.2 Å². The fourth-order valence-electron chi connectivity index (χ4n) is 3.69. The first kappa shape index (κ1) is 15.1. The molecule has 1 aromatic rings. The average Bonchev–Trinajstić information content (AvgIpc) is 3.12. The molecule has 1 N–H and O–H groups in total. The molecule has 2 aliphatic rings. The molecule has 1 atom stereocenters. The molecule has 1 saturated heterocycles. The van der Waals surface area contributed by atoms with Crippen molar-refractivity contribution < 1.29 is 9.59 Å². The Labute approximate surface area is 131 Å². The van der Waals surface area contributed by atoms with Gasteiger partial charge < -0.3 is 10.2 Å². The van der Waals surface area contributed by atoms with Gasteiger partial charge in [0.1, 0.15) is 0 Å². The van der Waals surface area contributed by atoms with Crippen molar-refractivity contribution in [3.05, 3.63) is 35.4 Å². The Kier molecular flexibility index (Phi) is 3.50. The van der Waals surface area contributed by atoms with Gasteiger partial charge in [-0.05, 0) is 30.7 Å². The number of hydrogen-bond donors (Lipinski definition) is 1. The van der Waals surface area contributed by atoms with Crippen molar-refractivity contribution in [2.75, 3.05) is 19.6 Å². The predicted octanol–water partition coefficient (Wildman–Crippen LogP) is 2.01. The average molecular weight is 300 g/mol. The summed E-state index contributed by atoms with van der Waals surface area (Å²) < 4.78 is 0. The van der Waals surface area contributed by atoms with E-state index in [9.17, 15) is 9.59 Å². The SMILES string of the molecule is Cc1ccc([C@]2(C(=O)N3CCCNC(=O)C3)CC2(C)C)cc1. The van der Waals surface area contributed by atoms with E-state index in [-0.39, 0.29) is 23.8 Å². The van der Waals surface area contributed by atoms with Gasteiger partial charge in [0.2, 0.25) is 11.8 Å². The Morgan fingerprint density at radius 1 is 1.23 bits per heavy atom. The summed E-state index contributed by atoms with van der Waals surface area (Å²) in [5.74, 6) is 0.0572. The summed E-state index contributed by atoms with van der Waals surface area (Å²) in [6.45, 7) is 7.83. The molecule has 0 bridgehead atoms. The van der Waals surface area contributed by atoms with Gasteiger partial charge in [-0.15, -0.1) is 0 Å². The van der Waals surface area contributed by atoms with E-state index in [0.29, 0.717) is 13.1 Å². The highest BCUT2D eigenvalue weighted by Crippen LogP contribution is 2.65. The van der Waals surface area contributed by atoms with Gasteiger partial charge in [-0.2, -0.15) is 0 Å². The van der Waals surface area contributed by atoms with Crippen LogP contribution in [0, 0.1) is 12.3 Å². The standard InChI is InChI=1S/C18H24N2O2/c1-13-5-7-14(8-6-13)18(12-17(18,2)3)16(22)20-10-4-9-19-15(21)11-20/h5-8H,4,9-12H2,1-3H3,(H,19,21)/t18-/m0/s1. The maximum absolute atomic E-state index is 13.2. The lowest BCUT2D eigenvalue weighted by Crippen LogP contribution is -2.44. The molecule has 3 rings (SSSR count). The highest BCUT2D eigenvalue weighted by molar-refractivity contribution is 5.95. The third kappa shape index (κ3) is 2.31. The van der Waals surface area contributed by atoms with E-state index in [2.05, 4.69) is 50.4 Å². The van der Waals surface area contributed by atoms with Crippen LogP contribution in [0.2, 0.25) is 0 Å². The van der Waals surface area contributed by atoms with Gasteiger partial charge in [-0.1, -0.05) is 43.7 Å². The first-order valence-corrected chi connectivity index (χ1v) is 8.00. The summed E-state index contributed by atoms with van der Waals surface area (Å²) >= 11 is 0. The zero-order chi connectivity index (χ0) is 16.0.